The lowest BCUT2D eigenvalue weighted by molar-refractivity contribution is 0.0864. The minimum atomic E-state index is 0.105. The molecule has 0 unspecified atom stereocenters. The minimum absolute atomic E-state index is 0.105. The lowest BCUT2D eigenvalue weighted by Crippen LogP contribution is -2.57. The number of rotatable bonds is 4. The Bertz CT molecular complexity index is 509. The molecule has 1 aromatic rings. The highest BCUT2D eigenvalue weighted by molar-refractivity contribution is 5.96. The molecule has 0 atom stereocenters. The zero-order chi connectivity index (χ0) is 16.5. The van der Waals surface area contributed by atoms with Crippen molar-refractivity contribution in [2.24, 2.45) is 5.92 Å². The second kappa shape index (κ2) is 6.16. The highest BCUT2D eigenvalue weighted by Crippen LogP contribution is 2.35. The molecule has 1 N–H and O–H groups in total. The fraction of sp³-hybridized carbons (Fsp3) is 0.650. The number of nitrogens with one attached hydrogen (secondary N) is 1. The van der Waals surface area contributed by atoms with Gasteiger partial charge in [-0.1, -0.05) is 38.1 Å². The molecule has 0 aliphatic carbocycles. The third-order valence-electron chi connectivity index (χ3n) is 4.65. The molecule has 1 heterocycles. The molecule has 0 saturated carbocycles. The molecule has 122 valence electrons. The maximum absolute atomic E-state index is 12.6. The van der Waals surface area contributed by atoms with Crippen LogP contribution in [0.15, 0.2) is 24.3 Å². The third kappa shape index (κ3) is 4.42. The Morgan fingerprint density at radius 2 is 1.59 bits per heavy atom. The van der Waals surface area contributed by atoms with Gasteiger partial charge in [0.05, 0.1) is 0 Å². The van der Waals surface area contributed by atoms with Crippen molar-refractivity contribution in [3.8, 4) is 0 Å². The molecule has 0 amide bonds. The van der Waals surface area contributed by atoms with Crippen LogP contribution in [0.2, 0.25) is 0 Å². The van der Waals surface area contributed by atoms with E-state index >= 15 is 0 Å². The van der Waals surface area contributed by atoms with E-state index in [1.807, 2.05) is 12.1 Å². The Kier molecular flexibility index (Phi) is 4.81. The van der Waals surface area contributed by atoms with Gasteiger partial charge in [-0.2, -0.15) is 0 Å². The van der Waals surface area contributed by atoms with Crippen molar-refractivity contribution in [3.05, 3.63) is 35.4 Å². The van der Waals surface area contributed by atoms with Crippen molar-refractivity contribution < 1.29 is 4.79 Å². The van der Waals surface area contributed by atoms with Crippen LogP contribution in [0.1, 0.15) is 82.6 Å². The molecular weight excluding hydrogens is 270 g/mol. The van der Waals surface area contributed by atoms with E-state index in [-0.39, 0.29) is 16.9 Å². The normalized spacial score (nSPS) is 21.0. The van der Waals surface area contributed by atoms with Crippen LogP contribution in [0.3, 0.4) is 0 Å². The highest BCUT2D eigenvalue weighted by atomic mass is 16.1. The van der Waals surface area contributed by atoms with Gasteiger partial charge >= 0.3 is 0 Å². The van der Waals surface area contributed by atoms with Gasteiger partial charge < -0.3 is 5.32 Å². The Balaban J connectivity index is 2.05. The number of ketones is 1. The van der Waals surface area contributed by atoms with Crippen molar-refractivity contribution in [1.29, 1.82) is 0 Å². The summed E-state index contributed by atoms with van der Waals surface area (Å²) in [6, 6.07) is 8.17. The fourth-order valence-electron chi connectivity index (χ4n) is 4.11. The maximum Gasteiger partial charge on any atom is 0.163 e. The Hall–Kier alpha value is -1.15. The summed E-state index contributed by atoms with van der Waals surface area (Å²) in [7, 11) is 0. The molecule has 0 aromatic heterocycles. The van der Waals surface area contributed by atoms with E-state index in [9.17, 15) is 4.79 Å². The Morgan fingerprint density at radius 3 is 2.05 bits per heavy atom. The fourth-order valence-corrected chi connectivity index (χ4v) is 4.11. The van der Waals surface area contributed by atoms with Gasteiger partial charge in [0.1, 0.15) is 0 Å². The van der Waals surface area contributed by atoms with Gasteiger partial charge in [-0.3, -0.25) is 4.79 Å². The number of benzene rings is 1. The summed E-state index contributed by atoms with van der Waals surface area (Å²) in [5.74, 6) is 1.26. The van der Waals surface area contributed by atoms with Crippen LogP contribution in [-0.4, -0.2) is 16.9 Å². The van der Waals surface area contributed by atoms with E-state index in [2.05, 4.69) is 59.0 Å². The van der Waals surface area contributed by atoms with Crippen molar-refractivity contribution in [3.63, 3.8) is 0 Å². The average Bonchev–Trinajstić information content (AvgIpc) is 2.34. The first kappa shape index (κ1) is 17.2. The first-order chi connectivity index (χ1) is 10.1. The van der Waals surface area contributed by atoms with Gasteiger partial charge in [0.25, 0.3) is 0 Å². The SMILES string of the molecule is CC(C)c1ccc(C(=O)CC2CC(C)(C)NC(C)(C)C2)cc1. The molecular formula is C20H31NO. The zero-order valence-corrected chi connectivity index (χ0v) is 15.0. The molecule has 2 heteroatoms. The standard InChI is InChI=1S/C20H31NO/c1-14(2)16-7-9-17(10-8-16)18(22)11-15-12-19(3,4)21-20(5,6)13-15/h7-10,14-15,21H,11-13H2,1-6H3. The molecule has 2 rings (SSSR count). The quantitative estimate of drug-likeness (QED) is 0.798. The third-order valence-corrected chi connectivity index (χ3v) is 4.65. The van der Waals surface area contributed by atoms with Crippen molar-refractivity contribution in [2.45, 2.75) is 77.8 Å². The first-order valence-electron chi connectivity index (χ1n) is 8.50. The van der Waals surface area contributed by atoms with Crippen LogP contribution in [0, 0.1) is 5.92 Å². The summed E-state index contributed by atoms with van der Waals surface area (Å²) in [6.45, 7) is 13.3. The molecule has 22 heavy (non-hydrogen) atoms. The zero-order valence-electron chi connectivity index (χ0n) is 15.0. The van der Waals surface area contributed by atoms with E-state index in [0.29, 0.717) is 18.3 Å². The molecule has 0 radical (unpaired) electrons. The lowest BCUT2D eigenvalue weighted by atomic mass is 9.74. The molecule has 1 fully saturated rings. The van der Waals surface area contributed by atoms with Crippen LogP contribution in [0.25, 0.3) is 0 Å². The summed E-state index contributed by atoms with van der Waals surface area (Å²) in [4.78, 5) is 12.6. The molecule has 2 nitrogen and oxygen atoms in total. The van der Waals surface area contributed by atoms with Crippen molar-refractivity contribution in [2.75, 3.05) is 0 Å². The summed E-state index contributed by atoms with van der Waals surface area (Å²) in [6.07, 6.45) is 2.79. The van der Waals surface area contributed by atoms with Gasteiger partial charge in [-0.25, -0.2) is 0 Å². The van der Waals surface area contributed by atoms with Crippen molar-refractivity contribution >= 4 is 5.78 Å². The van der Waals surface area contributed by atoms with Gasteiger partial charge in [0, 0.05) is 23.1 Å². The predicted molar refractivity (Wildman–Crippen MR) is 93.5 cm³/mol. The minimum Gasteiger partial charge on any atom is -0.307 e. The second-order valence-electron chi connectivity index (χ2n) is 8.57. The van der Waals surface area contributed by atoms with Crippen LogP contribution < -0.4 is 5.32 Å². The lowest BCUT2D eigenvalue weighted by Gasteiger charge is -2.46. The van der Waals surface area contributed by atoms with Gasteiger partial charge in [0.15, 0.2) is 5.78 Å². The van der Waals surface area contributed by atoms with Crippen molar-refractivity contribution in [1.82, 2.24) is 5.32 Å². The Morgan fingerprint density at radius 1 is 1.09 bits per heavy atom. The maximum atomic E-state index is 12.6. The molecule has 1 aliphatic rings. The summed E-state index contributed by atoms with van der Waals surface area (Å²) >= 11 is 0. The van der Waals surface area contributed by atoms with E-state index in [1.54, 1.807) is 0 Å². The molecule has 0 spiro atoms. The number of Topliss-reactive ketones (excluding diaryl/α,β-unsaturated/α-hetero) is 1. The molecule has 0 bridgehead atoms. The van der Waals surface area contributed by atoms with Gasteiger partial charge in [-0.15, -0.1) is 0 Å². The second-order valence-corrected chi connectivity index (χ2v) is 8.57. The topological polar surface area (TPSA) is 29.1 Å². The molecule has 1 aliphatic heterocycles. The molecule has 1 aromatic carbocycles. The number of carbonyl (C=O) groups is 1. The summed E-state index contributed by atoms with van der Waals surface area (Å²) in [5.41, 5.74) is 2.36. The van der Waals surface area contributed by atoms with E-state index in [1.165, 1.54) is 5.56 Å². The number of hydrogen-bond donors (Lipinski definition) is 1. The van der Waals surface area contributed by atoms with Crippen LogP contribution in [0.5, 0.6) is 0 Å². The van der Waals surface area contributed by atoms with Crippen LogP contribution >= 0.6 is 0 Å². The first-order valence-corrected chi connectivity index (χ1v) is 8.50. The van der Waals surface area contributed by atoms with Gasteiger partial charge in [-0.05, 0) is 57.9 Å². The predicted octanol–water partition coefficient (Wildman–Crippen LogP) is 4.94. The average molecular weight is 301 g/mol. The van der Waals surface area contributed by atoms with E-state index in [0.717, 1.165) is 18.4 Å². The molecule has 1 saturated heterocycles. The van der Waals surface area contributed by atoms with Crippen LogP contribution in [0.4, 0.5) is 0 Å². The number of hydrogen-bond acceptors (Lipinski definition) is 2. The summed E-state index contributed by atoms with van der Waals surface area (Å²) < 4.78 is 0. The number of carbonyl (C=O) groups excluding carboxylic acids is 1. The Labute approximate surface area is 135 Å². The van der Waals surface area contributed by atoms with Gasteiger partial charge in [0.2, 0.25) is 0 Å². The smallest absolute Gasteiger partial charge is 0.163 e. The monoisotopic (exact) mass is 301 g/mol. The van der Waals surface area contributed by atoms with E-state index in [4.69, 9.17) is 0 Å². The number of piperidine rings is 1. The largest absolute Gasteiger partial charge is 0.307 e. The van der Waals surface area contributed by atoms with Crippen LogP contribution in [-0.2, 0) is 0 Å². The highest BCUT2D eigenvalue weighted by Gasteiger charge is 2.38. The van der Waals surface area contributed by atoms with E-state index < -0.39 is 0 Å². The summed E-state index contributed by atoms with van der Waals surface area (Å²) in [5, 5.41) is 3.68.